The molecule has 52 heteroatoms. The third-order valence-electron chi connectivity index (χ3n) is 14.8. The molecule has 6 heterocycles. The molecule has 1 unspecified atom stereocenters. The summed E-state index contributed by atoms with van der Waals surface area (Å²) in [5.41, 5.74) is 29.3. The van der Waals surface area contributed by atoms with Crippen molar-refractivity contribution in [3.05, 3.63) is 207 Å². The summed E-state index contributed by atoms with van der Waals surface area (Å²) in [6.07, 6.45) is -22.7. The Kier molecular flexibility index (Phi) is 42.0. The van der Waals surface area contributed by atoms with Crippen LogP contribution in [0, 0.1) is 31.8 Å². The molecule has 20 N–H and O–H groups in total. The van der Waals surface area contributed by atoms with E-state index in [9.17, 15) is 90.4 Å². The van der Waals surface area contributed by atoms with Gasteiger partial charge < -0.3 is 83.2 Å². The molecule has 127 heavy (non-hydrogen) atoms. The predicted molar refractivity (Wildman–Crippen MR) is 442 cm³/mol. The van der Waals surface area contributed by atoms with Crippen molar-refractivity contribution < 1.29 is 158 Å². The second-order valence-electron chi connectivity index (χ2n) is 24.1. The minimum atomic E-state index is -5.08. The zero-order chi connectivity index (χ0) is 96.4. The first-order valence-corrected chi connectivity index (χ1v) is 39.3. The number of alkyl halides is 15. The Morgan fingerprint density at radius 3 is 1.23 bits per heavy atom. The van der Waals surface area contributed by atoms with Gasteiger partial charge in [0, 0.05) is 46.6 Å². The summed E-state index contributed by atoms with van der Waals surface area (Å²) < 4.78 is 190. The Labute approximate surface area is 728 Å². The van der Waals surface area contributed by atoms with E-state index in [2.05, 4.69) is 22.8 Å². The average Bonchev–Trinajstić information content (AvgIpc) is 1.69. The number of carbonyl (C=O) groups excluding carboxylic acids is 3. The van der Waals surface area contributed by atoms with Gasteiger partial charge in [-0.25, -0.2) is 33.6 Å². The Morgan fingerprint density at radius 2 is 0.866 bits per heavy atom. The van der Waals surface area contributed by atoms with Crippen molar-refractivity contribution in [3.63, 3.8) is 0 Å². The molecule has 0 bridgehead atoms. The number of benzene rings is 5. The molecular weight excluding hydrogens is 1850 g/mol. The number of unbranched alkanes of at least 4 members (excludes halogenated alkanes) is 1. The molecule has 5 aromatic carbocycles. The van der Waals surface area contributed by atoms with Gasteiger partial charge in [-0.1, -0.05) is 35.6 Å². The molecule has 0 aliphatic heterocycles. The molecule has 11 aromatic rings. The van der Waals surface area contributed by atoms with Gasteiger partial charge in [-0.15, -0.1) is 56.7 Å². The number of carboxylic acid groups (broad SMARTS) is 5. The van der Waals surface area contributed by atoms with Crippen LogP contribution in [0.5, 0.6) is 17.2 Å². The maximum atomic E-state index is 12.5. The van der Waals surface area contributed by atoms with Crippen LogP contribution in [0.1, 0.15) is 87.8 Å². The Morgan fingerprint density at radius 1 is 0.472 bits per heavy atom. The third-order valence-corrected chi connectivity index (χ3v) is 21.2. The molecule has 0 spiro atoms. The summed E-state index contributed by atoms with van der Waals surface area (Å²) in [5.74, 6) is -12.5. The highest BCUT2D eigenvalue weighted by Gasteiger charge is 2.41. The van der Waals surface area contributed by atoms with E-state index < -0.39 is 77.7 Å². The molecular formula is C75H70F15N11O20S6. The van der Waals surface area contributed by atoms with Gasteiger partial charge in [0.05, 0.1) is 50.8 Å². The van der Waals surface area contributed by atoms with Crippen LogP contribution < -0.4 is 48.2 Å². The van der Waals surface area contributed by atoms with Gasteiger partial charge in [0.25, 0.3) is 5.91 Å². The van der Waals surface area contributed by atoms with Gasteiger partial charge in [0.1, 0.15) is 59.3 Å². The Bertz CT molecular complexity index is 5520. The Balaban J connectivity index is 0.000000388. The van der Waals surface area contributed by atoms with Crippen molar-refractivity contribution in [1.29, 1.82) is 21.6 Å². The highest BCUT2D eigenvalue weighted by molar-refractivity contribution is 7.22. The lowest BCUT2D eigenvalue weighted by Gasteiger charge is -2.16. The molecule has 0 saturated heterocycles. The number of fused-ring (bicyclic) bond motifs is 4. The van der Waals surface area contributed by atoms with Crippen LogP contribution in [0.25, 0.3) is 40.3 Å². The number of amidine groups is 4. The van der Waals surface area contributed by atoms with E-state index in [1.165, 1.54) is 70.5 Å². The number of carboxylic acids is 5. The molecule has 1 amide bonds. The number of nitrogens with one attached hydrogen (secondary N) is 5. The van der Waals surface area contributed by atoms with E-state index in [0.717, 1.165) is 108 Å². The SMILES string of the molecule is COC(=O)[C@H](CCCCN)NC(=O)c1ccc2cc(C(=N)N)sc2c1.COC(=O)c1cccc(C(C)Oc2ccc3cc(C(=N)N)sc3c2)c1.N=C(N)c1cc2ccc(OCCc3cccs3)cc2s1.N=C(N)c1cc2ccc(OCc3ccc([N+](=O)[O-])s3)cc2s1.O=C(O)C(F)(F)F.O=C(O)C(F)(F)F.O=C(O)C(F)(F)F.O=C(O)C(F)(F)F.O=C(O)C(F)(F)F. The molecule has 0 radical (unpaired) electrons. The minimum absolute atomic E-state index is 0.00198. The van der Waals surface area contributed by atoms with Crippen LogP contribution in [-0.4, -0.2) is 166 Å². The molecule has 31 nitrogen and oxygen atoms in total. The number of hydrogen-bond donors (Lipinski definition) is 15. The summed E-state index contributed by atoms with van der Waals surface area (Å²) in [7, 11) is 2.66. The number of ether oxygens (including phenoxy) is 5. The summed E-state index contributed by atoms with van der Waals surface area (Å²) in [6, 6.07) is 44.0. The topological polar surface area (TPSA) is 565 Å². The van der Waals surface area contributed by atoms with E-state index in [0.29, 0.717) is 41.3 Å². The van der Waals surface area contributed by atoms with Gasteiger partial charge in [-0.2, -0.15) is 65.9 Å². The Hall–Kier alpha value is -13.3. The summed E-state index contributed by atoms with van der Waals surface area (Å²) >= 11 is 8.62. The number of halogens is 15. The summed E-state index contributed by atoms with van der Waals surface area (Å²) in [5, 5.41) is 85.2. The number of methoxy groups -OCH3 is 2. The fourth-order valence-corrected chi connectivity index (χ4v) is 14.1. The van der Waals surface area contributed by atoms with E-state index in [1.807, 2.05) is 97.9 Å². The van der Waals surface area contributed by atoms with Crippen LogP contribution in [0.4, 0.5) is 70.9 Å². The number of nitrogens with two attached hydrogens (primary N) is 5. The number of thiophene rings is 6. The zero-order valence-corrected chi connectivity index (χ0v) is 69.7. The monoisotopic (exact) mass is 1920 g/mol. The first kappa shape index (κ1) is 108. The van der Waals surface area contributed by atoms with E-state index in [4.69, 9.17) is 123 Å². The molecule has 0 aliphatic rings. The van der Waals surface area contributed by atoms with Crippen molar-refractivity contribution >= 4 is 184 Å². The maximum absolute atomic E-state index is 12.5. The lowest BCUT2D eigenvalue weighted by molar-refractivity contribution is -0.380. The second kappa shape index (κ2) is 49.4. The number of nitro groups is 1. The quantitative estimate of drug-likeness (QED) is 0.00538. The van der Waals surface area contributed by atoms with E-state index in [1.54, 1.807) is 47.7 Å². The van der Waals surface area contributed by atoms with Gasteiger partial charge >= 0.3 is 77.7 Å². The fourth-order valence-electron chi connectivity index (χ4n) is 8.85. The molecule has 0 fully saturated rings. The van der Waals surface area contributed by atoms with Crippen LogP contribution >= 0.6 is 68.0 Å². The van der Waals surface area contributed by atoms with Gasteiger partial charge in [-0.05, 0) is 180 Å². The highest BCUT2D eigenvalue weighted by Crippen LogP contribution is 2.35. The van der Waals surface area contributed by atoms with Gasteiger partial charge in [-0.3, -0.25) is 36.5 Å². The number of amides is 1. The lowest BCUT2D eigenvalue weighted by Crippen LogP contribution is -2.41. The number of esters is 2. The van der Waals surface area contributed by atoms with Gasteiger partial charge in [0.15, 0.2) is 0 Å². The predicted octanol–water partition coefficient (Wildman–Crippen LogP) is 16.5. The first-order valence-electron chi connectivity index (χ1n) is 34.4. The first-order chi connectivity index (χ1) is 58.9. The van der Waals surface area contributed by atoms with Crippen molar-refractivity contribution in [2.45, 2.75) is 82.2 Å². The molecule has 0 aliphatic carbocycles. The smallest absolute Gasteiger partial charge is 0.490 e. The average molecular weight is 1920 g/mol. The molecule has 6 aromatic heterocycles. The lowest BCUT2D eigenvalue weighted by atomic mass is 10.1. The number of aliphatic carboxylic acids is 5. The number of rotatable bonds is 23. The second-order valence-corrected chi connectivity index (χ2v) is 30.7. The fraction of sp³-hybridized carbons (Fsp3) is 0.227. The van der Waals surface area contributed by atoms with Crippen molar-refractivity contribution in [1.82, 2.24) is 5.32 Å². The van der Waals surface area contributed by atoms with E-state index in [-0.39, 0.29) is 52.9 Å². The third kappa shape index (κ3) is 38.0. The van der Waals surface area contributed by atoms with Crippen molar-refractivity contribution in [2.24, 2.45) is 28.7 Å². The summed E-state index contributed by atoms with van der Waals surface area (Å²) in [4.78, 5) is 95.8. The zero-order valence-electron chi connectivity index (χ0n) is 64.9. The largest absolute Gasteiger partial charge is 0.493 e. The minimum Gasteiger partial charge on any atom is -0.493 e. The molecule has 2 atom stereocenters. The van der Waals surface area contributed by atoms with Crippen molar-refractivity contribution in [3.8, 4) is 17.2 Å². The highest BCUT2D eigenvalue weighted by atomic mass is 32.1. The standard InChI is InChI=1S/C19H18N2O3S.C17H22N4O3S.C15H14N2OS2.C14H11N3O3S2.5C2HF3O2/c1-11(12-4-3-5-14(8-12)19(22)23-2)24-15-7-6-13-9-17(18(20)21)25-16(13)10-15;1-24-17(23)12(4-2-3-7-18)21-16(22)11-6-5-10-8-14(15(19)20)25-13(10)9-11;16-15(17)14-8-10-3-4-11(9-13(10)20-14)18-6-5-12-2-1-7-19-12;15-14(16)12-5-8-1-2-9(6-11(8)22-12)20-7-10-3-4-13(21-10)17(18)19;5*3-2(4,5)1(6)7/h3-11H,1-2H3,(H3,20,21);5-6,8-9,12H,2-4,7,18H2,1H3,(H3,19,20)(H,21,22);1-4,7-9H,5-6H2,(H3,16,17);1-6H,7H2,(H3,15,16);5*(H,6,7)/t;12-;;;;;;;/m.0......./s1. The normalized spacial score (nSPS) is 11.4. The summed E-state index contributed by atoms with van der Waals surface area (Å²) in [6.45, 7) is 3.43. The van der Waals surface area contributed by atoms with Crippen LogP contribution in [-0.2, 0) is 51.3 Å². The number of carbonyl (C=O) groups is 8. The number of hydrogen-bond acceptors (Lipinski definition) is 26. The van der Waals surface area contributed by atoms with Crippen molar-refractivity contribution in [2.75, 3.05) is 27.4 Å². The maximum Gasteiger partial charge on any atom is 0.490 e. The van der Waals surface area contributed by atoms with Crippen LogP contribution in [0.15, 0.2) is 151 Å². The molecule has 11 rings (SSSR count). The van der Waals surface area contributed by atoms with E-state index >= 15 is 0 Å². The molecule has 686 valence electrons. The van der Waals surface area contributed by atoms with Crippen LogP contribution in [0.2, 0.25) is 0 Å². The molecule has 0 saturated carbocycles. The van der Waals surface area contributed by atoms with Crippen LogP contribution in [0.3, 0.4) is 0 Å². The number of nitrogen functional groups attached to an aromatic ring is 4. The van der Waals surface area contributed by atoms with Gasteiger partial charge in [0.2, 0.25) is 0 Å². The number of nitrogens with zero attached hydrogens (tertiary/aromatic N) is 1.